The van der Waals surface area contributed by atoms with Crippen LogP contribution in [0.5, 0.6) is 0 Å². The van der Waals surface area contributed by atoms with Gasteiger partial charge in [0.05, 0.1) is 0 Å². The van der Waals surface area contributed by atoms with Crippen LogP contribution in [0.2, 0.25) is 0 Å². The van der Waals surface area contributed by atoms with Crippen LogP contribution < -0.4 is 16.1 Å². The van der Waals surface area contributed by atoms with E-state index in [-0.39, 0.29) is 23.7 Å². The lowest BCUT2D eigenvalue weighted by Crippen LogP contribution is -2.61. The van der Waals surface area contributed by atoms with Gasteiger partial charge in [-0.1, -0.05) is 32.9 Å². The van der Waals surface area contributed by atoms with Gasteiger partial charge in [-0.15, -0.1) is 0 Å². The molecule has 1 aromatic heterocycles. The number of benzene rings is 1. The smallest absolute Gasteiger partial charge is 0.325 e. The highest BCUT2D eigenvalue weighted by atomic mass is 16.5. The molecule has 40 heavy (non-hydrogen) atoms. The molecule has 0 saturated carbocycles. The number of nitrogens with one attached hydrogen (secondary N) is 3. The quantitative estimate of drug-likeness (QED) is 0.465. The molecule has 0 spiro atoms. The Labute approximate surface area is 235 Å². The van der Waals surface area contributed by atoms with Gasteiger partial charge in [0, 0.05) is 29.7 Å². The number of esters is 1. The van der Waals surface area contributed by atoms with Crippen LogP contribution in [0.3, 0.4) is 0 Å². The third-order valence-electron chi connectivity index (χ3n) is 7.80. The predicted octanol–water partition coefficient (Wildman–Crippen LogP) is 2.95. The summed E-state index contributed by atoms with van der Waals surface area (Å²) < 4.78 is 5.81. The van der Waals surface area contributed by atoms with E-state index in [1.807, 2.05) is 58.2 Å². The highest BCUT2D eigenvalue weighted by Gasteiger charge is 2.34. The fraction of sp³-hybridized carbons (Fsp3) is 0.567. The van der Waals surface area contributed by atoms with Gasteiger partial charge in [0.2, 0.25) is 11.8 Å². The Morgan fingerprint density at radius 1 is 0.950 bits per heavy atom. The van der Waals surface area contributed by atoms with Crippen LogP contribution in [0, 0.1) is 11.8 Å². The molecule has 1 aromatic carbocycles. The first kappa shape index (κ1) is 29.5. The molecular formula is C30H41N5O5. The molecular weight excluding hydrogens is 510 g/mol. The molecule has 5 atom stereocenters. The number of rotatable bonds is 1. The molecule has 3 amide bonds. The van der Waals surface area contributed by atoms with Crippen molar-refractivity contribution in [3.05, 3.63) is 41.7 Å². The first-order valence-electron chi connectivity index (χ1n) is 14.3. The largest absolute Gasteiger partial charge is 0.457 e. The number of carbonyl (C=O) groups is 4. The molecule has 1 fully saturated rings. The average Bonchev–Trinajstić information content (AvgIpc) is 2.94. The Kier molecular flexibility index (Phi) is 9.40. The standard InChI is InChI=1S/C30H41N5O5/c1-17(2)26-28(37)32-19(4)29(38)35-13-7-10-25(34-35)30(39)40-20(5)21-11-12-22-16-31-24(15-23(22)14-21)9-6-8-18(3)27(36)33-26/h11-12,14-20,25-26,34H,6-10,13H2,1-5H3,(H,32,37)(H,33,36)/t18-,19-,20-,25+,26+/m1/s1. The molecule has 10 heteroatoms. The van der Waals surface area contributed by atoms with Gasteiger partial charge in [-0.25, -0.2) is 5.43 Å². The van der Waals surface area contributed by atoms with Crippen molar-refractivity contribution in [2.45, 2.75) is 91.0 Å². The summed E-state index contributed by atoms with van der Waals surface area (Å²) in [6.45, 7) is 9.40. The van der Waals surface area contributed by atoms with E-state index >= 15 is 0 Å². The van der Waals surface area contributed by atoms with Crippen LogP contribution in [0.4, 0.5) is 0 Å². The van der Waals surface area contributed by atoms with Crippen LogP contribution in [0.15, 0.2) is 30.5 Å². The molecule has 2 aliphatic heterocycles. The van der Waals surface area contributed by atoms with Gasteiger partial charge in [-0.2, -0.15) is 0 Å². The van der Waals surface area contributed by atoms with Crippen molar-refractivity contribution in [1.82, 2.24) is 26.1 Å². The second-order valence-corrected chi connectivity index (χ2v) is 11.4. The SMILES string of the molecule is CC(C)[C@@H]1NC(=O)[C@H](C)CCCc2cc3cc(ccc3cn2)[C@@H](C)OC(=O)[C@@H]2CCCN(N2)C(=O)[C@@H](C)NC1=O. The first-order chi connectivity index (χ1) is 19.0. The van der Waals surface area contributed by atoms with Crippen LogP contribution in [-0.2, 0) is 30.3 Å². The van der Waals surface area contributed by atoms with Crippen LogP contribution in [0.25, 0.3) is 10.8 Å². The molecule has 2 aliphatic rings. The van der Waals surface area contributed by atoms with Crippen molar-refractivity contribution in [2.75, 3.05) is 6.54 Å². The average molecular weight is 552 g/mol. The van der Waals surface area contributed by atoms with Gasteiger partial charge in [0.1, 0.15) is 24.2 Å². The molecule has 3 N–H and O–H groups in total. The van der Waals surface area contributed by atoms with E-state index in [2.05, 4.69) is 21.0 Å². The molecule has 0 aliphatic carbocycles. The van der Waals surface area contributed by atoms with E-state index in [0.717, 1.165) is 28.5 Å². The zero-order valence-electron chi connectivity index (χ0n) is 24.0. The minimum Gasteiger partial charge on any atom is -0.457 e. The van der Waals surface area contributed by atoms with Gasteiger partial charge >= 0.3 is 5.97 Å². The van der Waals surface area contributed by atoms with E-state index in [1.54, 1.807) is 6.92 Å². The zero-order valence-corrected chi connectivity index (χ0v) is 24.0. The molecule has 216 valence electrons. The number of fused-ring (bicyclic) bond motifs is 4. The van der Waals surface area contributed by atoms with Gasteiger partial charge in [-0.05, 0) is 75.0 Å². The van der Waals surface area contributed by atoms with E-state index < -0.39 is 36.1 Å². The van der Waals surface area contributed by atoms with Crippen molar-refractivity contribution in [1.29, 1.82) is 0 Å². The van der Waals surface area contributed by atoms with Crippen molar-refractivity contribution in [2.24, 2.45) is 11.8 Å². The van der Waals surface area contributed by atoms with Gasteiger partial charge < -0.3 is 15.4 Å². The summed E-state index contributed by atoms with van der Waals surface area (Å²) in [5, 5.41) is 9.01. The second-order valence-electron chi connectivity index (χ2n) is 11.4. The second kappa shape index (κ2) is 12.8. The number of nitrogens with zero attached hydrogens (tertiary/aromatic N) is 2. The number of carbonyl (C=O) groups excluding carboxylic acids is 4. The number of pyridine rings is 1. The Bertz CT molecular complexity index is 1260. The van der Waals surface area contributed by atoms with Crippen molar-refractivity contribution in [3.8, 4) is 0 Å². The molecule has 3 heterocycles. The Morgan fingerprint density at radius 2 is 1.73 bits per heavy atom. The maximum atomic E-state index is 13.2. The lowest BCUT2D eigenvalue weighted by atomic mass is 9.98. The summed E-state index contributed by atoms with van der Waals surface area (Å²) in [6.07, 6.45) is 4.61. The number of cyclic esters (lactones) is 1. The van der Waals surface area contributed by atoms with E-state index in [9.17, 15) is 19.2 Å². The van der Waals surface area contributed by atoms with Gasteiger partial charge in [-0.3, -0.25) is 29.2 Å². The molecule has 0 unspecified atom stereocenters. The highest BCUT2D eigenvalue weighted by Crippen LogP contribution is 2.25. The summed E-state index contributed by atoms with van der Waals surface area (Å²) in [7, 11) is 0. The summed E-state index contributed by atoms with van der Waals surface area (Å²) >= 11 is 0. The lowest BCUT2D eigenvalue weighted by Gasteiger charge is -2.35. The third kappa shape index (κ3) is 6.96. The Morgan fingerprint density at radius 3 is 2.48 bits per heavy atom. The monoisotopic (exact) mass is 551 g/mol. The maximum Gasteiger partial charge on any atom is 0.325 e. The molecule has 10 nitrogen and oxygen atoms in total. The summed E-state index contributed by atoms with van der Waals surface area (Å²) in [6, 6.07) is 5.64. The summed E-state index contributed by atoms with van der Waals surface area (Å²) in [4.78, 5) is 56.9. The number of hydrogen-bond acceptors (Lipinski definition) is 7. The number of amides is 3. The number of ether oxygens (including phenoxy) is 1. The Balaban J connectivity index is 1.60. The van der Waals surface area contributed by atoms with Gasteiger partial charge in [0.25, 0.3) is 5.91 Å². The number of aromatic nitrogens is 1. The van der Waals surface area contributed by atoms with E-state index in [0.29, 0.717) is 32.2 Å². The molecule has 5 bridgehead atoms. The van der Waals surface area contributed by atoms with Crippen LogP contribution >= 0.6 is 0 Å². The van der Waals surface area contributed by atoms with E-state index in [4.69, 9.17) is 4.74 Å². The minimum atomic E-state index is -0.852. The van der Waals surface area contributed by atoms with Crippen molar-refractivity contribution < 1.29 is 23.9 Å². The van der Waals surface area contributed by atoms with E-state index in [1.165, 1.54) is 5.01 Å². The molecule has 0 radical (unpaired) electrons. The highest BCUT2D eigenvalue weighted by molar-refractivity contribution is 5.92. The van der Waals surface area contributed by atoms with Crippen molar-refractivity contribution in [3.63, 3.8) is 0 Å². The van der Waals surface area contributed by atoms with Crippen molar-refractivity contribution >= 4 is 34.5 Å². The third-order valence-corrected chi connectivity index (χ3v) is 7.80. The number of hydrazine groups is 1. The fourth-order valence-electron chi connectivity index (χ4n) is 5.18. The van der Waals surface area contributed by atoms with Crippen LogP contribution in [-0.4, -0.2) is 58.4 Å². The number of aryl methyl sites for hydroxylation is 1. The van der Waals surface area contributed by atoms with Gasteiger partial charge in [0.15, 0.2) is 0 Å². The first-order valence-corrected chi connectivity index (χ1v) is 14.3. The zero-order chi connectivity index (χ0) is 29.0. The maximum absolute atomic E-state index is 13.2. The topological polar surface area (TPSA) is 130 Å². The fourth-order valence-corrected chi connectivity index (χ4v) is 5.18. The van der Waals surface area contributed by atoms with Crippen LogP contribution in [0.1, 0.15) is 77.7 Å². The summed E-state index contributed by atoms with van der Waals surface area (Å²) in [5.41, 5.74) is 4.79. The lowest BCUT2D eigenvalue weighted by molar-refractivity contribution is -0.157. The minimum absolute atomic E-state index is 0.176. The summed E-state index contributed by atoms with van der Waals surface area (Å²) in [5.74, 6) is -1.87. The molecule has 4 rings (SSSR count). The Hall–Kier alpha value is -3.53. The normalized spacial score (nSPS) is 27.6. The number of hydrogen-bond donors (Lipinski definition) is 3. The predicted molar refractivity (Wildman–Crippen MR) is 151 cm³/mol. The molecule has 2 aromatic rings. The molecule has 1 saturated heterocycles.